The van der Waals surface area contributed by atoms with Crippen LogP contribution in [-0.4, -0.2) is 36.1 Å². The highest BCUT2D eigenvalue weighted by molar-refractivity contribution is 5.92. The first-order valence-corrected chi connectivity index (χ1v) is 7.44. The molecular weight excluding hydrogens is 337 g/mol. The zero-order valence-electron chi connectivity index (χ0n) is 13.4. The average molecular weight is 354 g/mol. The molecule has 134 valence electrons. The van der Waals surface area contributed by atoms with Gasteiger partial charge in [-0.05, 0) is 30.7 Å². The highest BCUT2D eigenvalue weighted by Crippen LogP contribution is 2.31. The lowest BCUT2D eigenvalue weighted by Crippen LogP contribution is -2.26. The number of nitrogens with zero attached hydrogens (tertiary/aromatic N) is 2. The van der Waals surface area contributed by atoms with E-state index in [9.17, 15) is 18.0 Å². The predicted molar refractivity (Wildman–Crippen MR) is 85.6 cm³/mol. The minimum Gasteiger partial charge on any atom is -0.385 e. The van der Waals surface area contributed by atoms with Crippen molar-refractivity contribution in [3.63, 3.8) is 0 Å². The normalized spacial score (nSPS) is 11.2. The second-order valence-corrected chi connectivity index (χ2v) is 5.07. The first kappa shape index (κ1) is 18.7. The molecule has 2 N–H and O–H groups in total. The Hall–Kier alpha value is -2.68. The fraction of sp³-hybridized carbons (Fsp3) is 0.312. The lowest BCUT2D eigenvalue weighted by atomic mass is 10.2. The Labute approximate surface area is 142 Å². The average Bonchev–Trinajstić information content (AvgIpc) is 2.58. The molecule has 0 atom stereocenters. The van der Waals surface area contributed by atoms with E-state index in [-0.39, 0.29) is 17.3 Å². The van der Waals surface area contributed by atoms with Crippen molar-refractivity contribution in [2.24, 2.45) is 0 Å². The molecule has 0 aliphatic carbocycles. The van der Waals surface area contributed by atoms with Crippen LogP contribution in [0.1, 0.15) is 22.5 Å². The summed E-state index contributed by atoms with van der Waals surface area (Å²) in [5, 5.41) is 5.33. The Balaban J connectivity index is 2.05. The number of aromatic nitrogens is 2. The standard InChI is InChI=1S/C16H17F3N4O2/c1-25-9-3-7-20-14(24)13-6-8-21-15(23-13)22-12-5-2-4-11(10-12)16(17,18)19/h2,4-6,8,10H,3,7,9H2,1H3,(H,20,24)(H,21,22,23). The summed E-state index contributed by atoms with van der Waals surface area (Å²) in [7, 11) is 1.57. The maximum absolute atomic E-state index is 12.7. The predicted octanol–water partition coefficient (Wildman–Crippen LogP) is 3.01. The Morgan fingerprint density at radius 3 is 2.80 bits per heavy atom. The Morgan fingerprint density at radius 1 is 1.28 bits per heavy atom. The van der Waals surface area contributed by atoms with Gasteiger partial charge in [0.05, 0.1) is 5.56 Å². The highest BCUT2D eigenvalue weighted by atomic mass is 19.4. The van der Waals surface area contributed by atoms with Gasteiger partial charge < -0.3 is 15.4 Å². The summed E-state index contributed by atoms with van der Waals surface area (Å²) in [4.78, 5) is 19.9. The lowest BCUT2D eigenvalue weighted by molar-refractivity contribution is -0.137. The van der Waals surface area contributed by atoms with Gasteiger partial charge in [0.15, 0.2) is 0 Å². The number of amides is 1. The molecule has 1 aromatic heterocycles. The number of benzene rings is 1. The van der Waals surface area contributed by atoms with Gasteiger partial charge in [0, 0.05) is 32.1 Å². The van der Waals surface area contributed by atoms with Crippen molar-refractivity contribution in [3.8, 4) is 0 Å². The minimum absolute atomic E-state index is 0.0314. The summed E-state index contributed by atoms with van der Waals surface area (Å²) in [6, 6.07) is 6.06. The van der Waals surface area contributed by atoms with Crippen LogP contribution >= 0.6 is 0 Å². The third-order valence-electron chi connectivity index (χ3n) is 3.15. The van der Waals surface area contributed by atoms with Crippen molar-refractivity contribution in [2.45, 2.75) is 12.6 Å². The van der Waals surface area contributed by atoms with Crippen molar-refractivity contribution >= 4 is 17.5 Å². The van der Waals surface area contributed by atoms with E-state index in [1.54, 1.807) is 7.11 Å². The van der Waals surface area contributed by atoms with E-state index in [1.807, 2.05) is 0 Å². The second-order valence-electron chi connectivity index (χ2n) is 5.07. The largest absolute Gasteiger partial charge is 0.416 e. The molecule has 0 aliphatic rings. The molecule has 9 heteroatoms. The maximum Gasteiger partial charge on any atom is 0.416 e. The molecule has 25 heavy (non-hydrogen) atoms. The second kappa shape index (κ2) is 8.43. The minimum atomic E-state index is -4.44. The number of ether oxygens (including phenoxy) is 1. The highest BCUT2D eigenvalue weighted by Gasteiger charge is 2.30. The number of rotatable bonds is 7. The number of anilines is 2. The molecule has 6 nitrogen and oxygen atoms in total. The van der Waals surface area contributed by atoms with Crippen LogP contribution in [0.4, 0.5) is 24.8 Å². The number of halogens is 3. The van der Waals surface area contributed by atoms with Crippen LogP contribution < -0.4 is 10.6 Å². The smallest absolute Gasteiger partial charge is 0.385 e. The molecule has 1 aromatic carbocycles. The molecular formula is C16H17F3N4O2. The number of methoxy groups -OCH3 is 1. The molecule has 0 saturated carbocycles. The van der Waals surface area contributed by atoms with Crippen LogP contribution in [0.5, 0.6) is 0 Å². The van der Waals surface area contributed by atoms with E-state index in [2.05, 4.69) is 20.6 Å². The van der Waals surface area contributed by atoms with Crippen LogP contribution in [-0.2, 0) is 10.9 Å². The number of hydrogen-bond acceptors (Lipinski definition) is 5. The van der Waals surface area contributed by atoms with Crippen LogP contribution in [0.15, 0.2) is 36.5 Å². The summed E-state index contributed by atoms with van der Waals surface area (Å²) in [5.41, 5.74) is -0.501. The van der Waals surface area contributed by atoms with Crippen molar-refractivity contribution in [1.82, 2.24) is 15.3 Å². The Bertz CT molecular complexity index is 723. The fourth-order valence-electron chi connectivity index (χ4n) is 1.96. The van der Waals surface area contributed by atoms with E-state index >= 15 is 0 Å². The summed E-state index contributed by atoms with van der Waals surface area (Å²) in [6.07, 6.45) is -2.43. The number of alkyl halides is 3. The number of hydrogen-bond donors (Lipinski definition) is 2. The van der Waals surface area contributed by atoms with Gasteiger partial charge in [0.25, 0.3) is 5.91 Å². The van der Waals surface area contributed by atoms with Gasteiger partial charge in [-0.2, -0.15) is 13.2 Å². The number of nitrogens with one attached hydrogen (secondary N) is 2. The Kier molecular flexibility index (Phi) is 6.29. The topological polar surface area (TPSA) is 76.1 Å². The quantitative estimate of drug-likeness (QED) is 0.748. The van der Waals surface area contributed by atoms with Crippen LogP contribution in [0.2, 0.25) is 0 Å². The van der Waals surface area contributed by atoms with Crippen molar-refractivity contribution in [3.05, 3.63) is 47.8 Å². The van der Waals surface area contributed by atoms with E-state index < -0.39 is 17.6 Å². The third kappa shape index (κ3) is 5.71. The first-order valence-electron chi connectivity index (χ1n) is 7.44. The zero-order valence-corrected chi connectivity index (χ0v) is 13.4. The van der Waals surface area contributed by atoms with Crippen LogP contribution in [0.25, 0.3) is 0 Å². The van der Waals surface area contributed by atoms with E-state index in [0.717, 1.165) is 12.1 Å². The Morgan fingerprint density at radius 2 is 2.08 bits per heavy atom. The number of carbonyl (C=O) groups is 1. The van der Waals surface area contributed by atoms with E-state index in [1.165, 1.54) is 24.4 Å². The van der Waals surface area contributed by atoms with Crippen molar-refractivity contribution in [1.29, 1.82) is 0 Å². The molecule has 1 amide bonds. The van der Waals surface area contributed by atoms with Gasteiger partial charge in [-0.1, -0.05) is 6.07 Å². The molecule has 0 unspecified atom stereocenters. The SMILES string of the molecule is COCCCNC(=O)c1ccnc(Nc2cccc(C(F)(F)F)c2)n1. The summed E-state index contributed by atoms with van der Waals surface area (Å²) < 4.78 is 43.1. The van der Waals surface area contributed by atoms with Crippen LogP contribution in [0, 0.1) is 0 Å². The summed E-state index contributed by atoms with van der Waals surface area (Å²) >= 11 is 0. The summed E-state index contributed by atoms with van der Waals surface area (Å²) in [5.74, 6) is -0.366. The lowest BCUT2D eigenvalue weighted by Gasteiger charge is -2.10. The fourth-order valence-corrected chi connectivity index (χ4v) is 1.96. The molecule has 1 heterocycles. The maximum atomic E-state index is 12.7. The molecule has 2 rings (SSSR count). The molecule has 0 spiro atoms. The van der Waals surface area contributed by atoms with Crippen molar-refractivity contribution < 1.29 is 22.7 Å². The van der Waals surface area contributed by atoms with Crippen LogP contribution in [0.3, 0.4) is 0 Å². The number of carbonyl (C=O) groups excluding carboxylic acids is 1. The molecule has 2 aromatic rings. The molecule has 0 fully saturated rings. The molecule has 0 radical (unpaired) electrons. The third-order valence-corrected chi connectivity index (χ3v) is 3.15. The van der Waals surface area contributed by atoms with Gasteiger partial charge in [-0.15, -0.1) is 0 Å². The van der Waals surface area contributed by atoms with Gasteiger partial charge in [-0.3, -0.25) is 4.79 Å². The molecule has 0 bridgehead atoms. The van der Waals surface area contributed by atoms with Crippen molar-refractivity contribution in [2.75, 3.05) is 25.6 Å². The summed E-state index contributed by atoms with van der Waals surface area (Å²) in [6.45, 7) is 0.944. The van der Waals surface area contributed by atoms with E-state index in [4.69, 9.17) is 4.74 Å². The van der Waals surface area contributed by atoms with Gasteiger partial charge in [0.1, 0.15) is 5.69 Å². The van der Waals surface area contributed by atoms with Gasteiger partial charge in [0.2, 0.25) is 5.95 Å². The first-order chi connectivity index (χ1) is 11.9. The molecule has 0 saturated heterocycles. The van der Waals surface area contributed by atoms with Gasteiger partial charge >= 0.3 is 6.18 Å². The zero-order chi connectivity index (χ0) is 18.3. The molecule has 0 aliphatic heterocycles. The van der Waals surface area contributed by atoms with E-state index in [0.29, 0.717) is 19.6 Å². The monoisotopic (exact) mass is 354 g/mol. The van der Waals surface area contributed by atoms with Gasteiger partial charge in [-0.25, -0.2) is 9.97 Å².